The van der Waals surface area contributed by atoms with Crippen LogP contribution in [0.3, 0.4) is 0 Å². The van der Waals surface area contributed by atoms with E-state index in [9.17, 15) is 5.11 Å². The predicted octanol–water partition coefficient (Wildman–Crippen LogP) is 2.90. The van der Waals surface area contributed by atoms with Crippen LogP contribution < -0.4 is 0 Å². The average molecular weight is 234 g/mol. The molecule has 1 aliphatic carbocycles. The smallest absolute Gasteiger partial charge is 0.115 e. The molecule has 94 valence electrons. The number of hydrogen-bond acceptors (Lipinski definition) is 3. The Kier molecular flexibility index (Phi) is 3.77. The quantitative estimate of drug-likeness (QED) is 0.823. The molecular formula is C14H22N2O. The fraction of sp³-hybridized carbons (Fsp3) is 0.714. The lowest BCUT2D eigenvalue weighted by Gasteiger charge is -2.30. The maximum atomic E-state index is 10.8. The maximum Gasteiger partial charge on any atom is 0.115 e. The van der Waals surface area contributed by atoms with Crippen LogP contribution in [-0.2, 0) is 5.60 Å². The summed E-state index contributed by atoms with van der Waals surface area (Å²) in [5.74, 6) is 1.32. The van der Waals surface area contributed by atoms with Gasteiger partial charge in [-0.05, 0) is 31.1 Å². The second-order valence-corrected chi connectivity index (χ2v) is 5.74. The van der Waals surface area contributed by atoms with Gasteiger partial charge in [0.15, 0.2) is 0 Å². The van der Waals surface area contributed by atoms with Gasteiger partial charge in [0, 0.05) is 18.0 Å². The van der Waals surface area contributed by atoms with Crippen molar-refractivity contribution < 1.29 is 5.11 Å². The molecule has 0 radical (unpaired) electrons. The van der Waals surface area contributed by atoms with Gasteiger partial charge in [-0.3, -0.25) is 0 Å². The third kappa shape index (κ3) is 3.50. The van der Waals surface area contributed by atoms with E-state index < -0.39 is 5.60 Å². The summed E-state index contributed by atoms with van der Waals surface area (Å²) in [5, 5.41) is 10.8. The standard InChI is InChI=1S/C14H22N2O/c1-11(2)7-14(17,6-5-12-3-4-12)13-8-15-10-16-9-13/h8-12,17H,3-7H2,1-2H3. The van der Waals surface area contributed by atoms with Crippen LogP contribution in [0.4, 0.5) is 0 Å². The van der Waals surface area contributed by atoms with Crippen molar-refractivity contribution in [1.29, 1.82) is 0 Å². The Morgan fingerprint density at radius 1 is 1.35 bits per heavy atom. The lowest BCUT2D eigenvalue weighted by atomic mass is 9.83. The molecule has 1 atom stereocenters. The monoisotopic (exact) mass is 234 g/mol. The molecule has 1 aromatic rings. The highest BCUT2D eigenvalue weighted by Crippen LogP contribution is 2.40. The number of hydrogen-bond donors (Lipinski definition) is 1. The van der Waals surface area contributed by atoms with Crippen molar-refractivity contribution >= 4 is 0 Å². The molecule has 0 saturated heterocycles. The molecule has 0 bridgehead atoms. The van der Waals surface area contributed by atoms with E-state index in [-0.39, 0.29) is 0 Å². The third-order valence-electron chi connectivity index (χ3n) is 3.51. The van der Waals surface area contributed by atoms with Gasteiger partial charge in [-0.15, -0.1) is 0 Å². The third-order valence-corrected chi connectivity index (χ3v) is 3.51. The van der Waals surface area contributed by atoms with Crippen molar-refractivity contribution in [3.63, 3.8) is 0 Å². The van der Waals surface area contributed by atoms with Gasteiger partial charge < -0.3 is 5.11 Å². The van der Waals surface area contributed by atoms with Crippen molar-refractivity contribution in [2.75, 3.05) is 0 Å². The van der Waals surface area contributed by atoms with Crippen LogP contribution in [0.1, 0.15) is 51.5 Å². The van der Waals surface area contributed by atoms with Gasteiger partial charge in [-0.2, -0.15) is 0 Å². The number of nitrogens with zero attached hydrogens (tertiary/aromatic N) is 2. The summed E-state index contributed by atoms with van der Waals surface area (Å²) in [6, 6.07) is 0. The van der Waals surface area contributed by atoms with E-state index in [4.69, 9.17) is 0 Å². The molecule has 1 heterocycles. The minimum absolute atomic E-state index is 0.472. The van der Waals surface area contributed by atoms with Gasteiger partial charge in [-0.25, -0.2) is 9.97 Å². The average Bonchev–Trinajstić information content (AvgIpc) is 3.11. The largest absolute Gasteiger partial charge is 0.385 e. The van der Waals surface area contributed by atoms with E-state index in [0.29, 0.717) is 5.92 Å². The van der Waals surface area contributed by atoms with E-state index in [0.717, 1.165) is 30.7 Å². The van der Waals surface area contributed by atoms with Crippen molar-refractivity contribution in [2.45, 2.75) is 51.6 Å². The molecule has 0 spiro atoms. The Morgan fingerprint density at radius 3 is 2.53 bits per heavy atom. The Bertz CT molecular complexity index is 348. The molecular weight excluding hydrogens is 212 g/mol. The van der Waals surface area contributed by atoms with Crippen LogP contribution in [0.15, 0.2) is 18.7 Å². The van der Waals surface area contributed by atoms with E-state index in [1.165, 1.54) is 19.2 Å². The van der Waals surface area contributed by atoms with Crippen LogP contribution in [0.25, 0.3) is 0 Å². The molecule has 0 amide bonds. The van der Waals surface area contributed by atoms with E-state index in [2.05, 4.69) is 23.8 Å². The highest BCUT2D eigenvalue weighted by molar-refractivity contribution is 5.14. The topological polar surface area (TPSA) is 46.0 Å². The molecule has 0 aliphatic heterocycles. The predicted molar refractivity (Wildman–Crippen MR) is 67.3 cm³/mol. The van der Waals surface area contributed by atoms with E-state index in [1.54, 1.807) is 12.4 Å². The molecule has 3 heteroatoms. The molecule has 17 heavy (non-hydrogen) atoms. The summed E-state index contributed by atoms with van der Waals surface area (Å²) in [7, 11) is 0. The van der Waals surface area contributed by atoms with Gasteiger partial charge in [0.1, 0.15) is 6.33 Å². The first kappa shape index (κ1) is 12.5. The maximum absolute atomic E-state index is 10.8. The number of aliphatic hydroxyl groups is 1. The zero-order valence-electron chi connectivity index (χ0n) is 10.8. The Morgan fingerprint density at radius 2 is 2.00 bits per heavy atom. The van der Waals surface area contributed by atoms with Gasteiger partial charge in [-0.1, -0.05) is 26.7 Å². The molecule has 1 unspecified atom stereocenters. The Balaban J connectivity index is 2.09. The first-order valence-corrected chi connectivity index (χ1v) is 6.58. The molecule has 1 saturated carbocycles. The summed E-state index contributed by atoms with van der Waals surface area (Å²) in [4.78, 5) is 8.06. The Hall–Kier alpha value is -0.960. The summed E-state index contributed by atoms with van der Waals surface area (Å²) in [5.41, 5.74) is 0.132. The lowest BCUT2D eigenvalue weighted by molar-refractivity contribution is 0.00281. The molecule has 0 aromatic carbocycles. The minimum atomic E-state index is -0.738. The fourth-order valence-electron chi connectivity index (χ4n) is 2.43. The molecule has 1 N–H and O–H groups in total. The number of aromatic nitrogens is 2. The van der Waals surface area contributed by atoms with E-state index >= 15 is 0 Å². The van der Waals surface area contributed by atoms with Crippen LogP contribution in [-0.4, -0.2) is 15.1 Å². The molecule has 1 fully saturated rings. The molecule has 1 aliphatic rings. The summed E-state index contributed by atoms with van der Waals surface area (Å²) in [6.45, 7) is 4.29. The first-order chi connectivity index (χ1) is 8.10. The minimum Gasteiger partial charge on any atom is -0.385 e. The zero-order valence-corrected chi connectivity index (χ0v) is 10.8. The normalized spacial score (nSPS) is 19.3. The van der Waals surface area contributed by atoms with Gasteiger partial charge in [0.05, 0.1) is 5.60 Å². The highest BCUT2D eigenvalue weighted by atomic mass is 16.3. The molecule has 3 nitrogen and oxygen atoms in total. The van der Waals surface area contributed by atoms with E-state index in [1.807, 2.05) is 0 Å². The second-order valence-electron chi connectivity index (χ2n) is 5.74. The van der Waals surface area contributed by atoms with Crippen LogP contribution in [0.2, 0.25) is 0 Å². The summed E-state index contributed by atoms with van der Waals surface area (Å²) >= 11 is 0. The highest BCUT2D eigenvalue weighted by Gasteiger charge is 2.33. The summed E-state index contributed by atoms with van der Waals surface area (Å²) in [6.07, 6.45) is 10.4. The zero-order chi connectivity index (χ0) is 12.3. The van der Waals surface area contributed by atoms with Crippen LogP contribution in [0.5, 0.6) is 0 Å². The second kappa shape index (κ2) is 5.13. The van der Waals surface area contributed by atoms with Crippen molar-refractivity contribution in [3.8, 4) is 0 Å². The van der Waals surface area contributed by atoms with Crippen molar-refractivity contribution in [1.82, 2.24) is 9.97 Å². The SMILES string of the molecule is CC(C)CC(O)(CCC1CC1)c1cncnc1. The van der Waals surface area contributed by atoms with Gasteiger partial charge in [0.2, 0.25) is 0 Å². The van der Waals surface area contributed by atoms with Gasteiger partial charge in [0.25, 0.3) is 0 Å². The van der Waals surface area contributed by atoms with Crippen LogP contribution in [0, 0.1) is 11.8 Å². The Labute approximate surface area is 103 Å². The molecule has 2 rings (SSSR count). The number of rotatable bonds is 6. The van der Waals surface area contributed by atoms with Crippen molar-refractivity contribution in [2.24, 2.45) is 11.8 Å². The molecule has 1 aromatic heterocycles. The summed E-state index contributed by atoms with van der Waals surface area (Å²) < 4.78 is 0. The van der Waals surface area contributed by atoms with Crippen molar-refractivity contribution in [3.05, 3.63) is 24.3 Å². The van der Waals surface area contributed by atoms with Gasteiger partial charge >= 0.3 is 0 Å². The van der Waals surface area contributed by atoms with Crippen LogP contribution >= 0.6 is 0 Å². The first-order valence-electron chi connectivity index (χ1n) is 6.58. The lowest BCUT2D eigenvalue weighted by Crippen LogP contribution is -2.28. The fourth-order valence-corrected chi connectivity index (χ4v) is 2.43.